The van der Waals surface area contributed by atoms with Crippen molar-refractivity contribution in [2.24, 2.45) is 4.99 Å². The highest BCUT2D eigenvalue weighted by atomic mass is 32.1. The average molecular weight is 490 g/mol. The molecular formula is C26H23N3O5S. The number of amides is 1. The van der Waals surface area contributed by atoms with Crippen molar-refractivity contribution in [1.29, 1.82) is 0 Å². The first-order chi connectivity index (χ1) is 16.9. The molecule has 3 aromatic rings. The van der Waals surface area contributed by atoms with E-state index in [4.69, 9.17) is 9.47 Å². The number of benzene rings is 2. The summed E-state index contributed by atoms with van der Waals surface area (Å²) in [6, 6.07) is 13.8. The number of nitrogens with zero attached hydrogens (tertiary/aromatic N) is 3. The molecule has 2 aromatic carbocycles. The highest BCUT2D eigenvalue weighted by Gasteiger charge is 2.37. The first kappa shape index (κ1) is 22.8. The number of allylic oxidation sites excluding steroid dienone is 1. The van der Waals surface area contributed by atoms with E-state index in [9.17, 15) is 14.4 Å². The zero-order valence-corrected chi connectivity index (χ0v) is 20.5. The number of fused-ring (bicyclic) bond motifs is 2. The Bertz CT molecular complexity index is 1600. The van der Waals surface area contributed by atoms with Gasteiger partial charge in [0, 0.05) is 18.2 Å². The zero-order chi connectivity index (χ0) is 24.9. The number of likely N-dealkylation sites (N-methyl/N-ethyl adjacent to an activating group) is 1. The van der Waals surface area contributed by atoms with Crippen LogP contribution in [0.4, 0.5) is 5.69 Å². The fourth-order valence-electron chi connectivity index (χ4n) is 4.62. The van der Waals surface area contributed by atoms with E-state index in [2.05, 4.69) is 4.99 Å². The number of aromatic nitrogens is 1. The van der Waals surface area contributed by atoms with E-state index in [-0.39, 0.29) is 22.6 Å². The highest BCUT2D eigenvalue weighted by Crippen LogP contribution is 2.36. The van der Waals surface area contributed by atoms with Crippen molar-refractivity contribution in [3.05, 3.63) is 90.6 Å². The van der Waals surface area contributed by atoms with Gasteiger partial charge in [-0.2, -0.15) is 0 Å². The molecule has 2 aliphatic rings. The lowest BCUT2D eigenvalue weighted by molar-refractivity contribution is -0.139. The topological polar surface area (TPSA) is 90.2 Å². The molecule has 0 saturated heterocycles. The molecule has 5 rings (SSSR count). The Labute approximate surface area is 205 Å². The average Bonchev–Trinajstić information content (AvgIpc) is 3.31. The van der Waals surface area contributed by atoms with E-state index in [1.165, 1.54) is 16.6 Å². The van der Waals surface area contributed by atoms with E-state index in [1.54, 1.807) is 27.0 Å². The molecular weight excluding hydrogens is 466 g/mol. The van der Waals surface area contributed by atoms with Gasteiger partial charge in [-0.25, -0.2) is 9.79 Å². The maximum absolute atomic E-state index is 14.0. The summed E-state index contributed by atoms with van der Waals surface area (Å²) >= 11 is 1.14. The number of carbonyl (C=O) groups is 2. The number of rotatable bonds is 4. The van der Waals surface area contributed by atoms with Gasteiger partial charge in [0.05, 0.1) is 36.2 Å². The molecule has 1 aromatic heterocycles. The zero-order valence-electron chi connectivity index (χ0n) is 19.7. The van der Waals surface area contributed by atoms with Gasteiger partial charge < -0.3 is 14.4 Å². The van der Waals surface area contributed by atoms with E-state index >= 15 is 0 Å². The quantitative estimate of drug-likeness (QED) is 0.524. The van der Waals surface area contributed by atoms with Gasteiger partial charge in [-0.05, 0) is 26.0 Å². The monoisotopic (exact) mass is 489 g/mol. The predicted octanol–water partition coefficient (Wildman–Crippen LogP) is 2.15. The summed E-state index contributed by atoms with van der Waals surface area (Å²) in [6.45, 7) is 3.63. The number of thiazole rings is 1. The van der Waals surface area contributed by atoms with Crippen LogP contribution in [0.2, 0.25) is 0 Å². The van der Waals surface area contributed by atoms with Gasteiger partial charge in [0.15, 0.2) is 4.80 Å². The number of ether oxygens (including phenoxy) is 2. The Morgan fingerprint density at radius 3 is 2.57 bits per heavy atom. The molecule has 0 bridgehead atoms. The van der Waals surface area contributed by atoms with E-state index in [1.807, 2.05) is 42.5 Å². The van der Waals surface area contributed by atoms with Crippen molar-refractivity contribution in [2.75, 3.05) is 25.7 Å². The third-order valence-electron chi connectivity index (χ3n) is 6.21. The fourth-order valence-corrected chi connectivity index (χ4v) is 5.75. The largest absolute Gasteiger partial charge is 0.496 e. The molecule has 1 unspecified atom stereocenters. The maximum Gasteiger partial charge on any atom is 0.338 e. The van der Waals surface area contributed by atoms with E-state index in [0.29, 0.717) is 32.9 Å². The molecule has 0 radical (unpaired) electrons. The van der Waals surface area contributed by atoms with Crippen LogP contribution in [0, 0.1) is 0 Å². The van der Waals surface area contributed by atoms with Crippen molar-refractivity contribution >= 4 is 34.5 Å². The number of hydrogen-bond donors (Lipinski definition) is 0. The van der Waals surface area contributed by atoms with Crippen LogP contribution in [0.1, 0.15) is 31.0 Å². The molecule has 0 spiro atoms. The number of carbonyl (C=O) groups excluding carboxylic acids is 2. The van der Waals surface area contributed by atoms with Gasteiger partial charge in [-0.1, -0.05) is 47.7 Å². The van der Waals surface area contributed by atoms with Gasteiger partial charge in [0.2, 0.25) is 0 Å². The number of esters is 1. The van der Waals surface area contributed by atoms with Crippen molar-refractivity contribution in [1.82, 2.24) is 4.57 Å². The van der Waals surface area contributed by atoms with Crippen LogP contribution in [-0.2, 0) is 14.3 Å². The number of methoxy groups -OCH3 is 1. The summed E-state index contributed by atoms with van der Waals surface area (Å²) in [5.74, 6) is -0.287. The lowest BCUT2D eigenvalue weighted by Gasteiger charge is -2.25. The molecule has 0 N–H and O–H groups in total. The third kappa shape index (κ3) is 3.42. The van der Waals surface area contributed by atoms with Gasteiger partial charge in [0.25, 0.3) is 11.5 Å². The Hall–Kier alpha value is -3.98. The predicted molar refractivity (Wildman–Crippen MR) is 132 cm³/mol. The smallest absolute Gasteiger partial charge is 0.338 e. The van der Waals surface area contributed by atoms with Crippen molar-refractivity contribution in [3.8, 4) is 5.75 Å². The maximum atomic E-state index is 14.0. The van der Waals surface area contributed by atoms with Gasteiger partial charge in [-0.3, -0.25) is 14.2 Å². The van der Waals surface area contributed by atoms with Gasteiger partial charge in [0.1, 0.15) is 16.3 Å². The second-order valence-electron chi connectivity index (χ2n) is 8.12. The van der Waals surface area contributed by atoms with Gasteiger partial charge >= 0.3 is 5.97 Å². The summed E-state index contributed by atoms with van der Waals surface area (Å²) in [4.78, 5) is 46.8. The normalized spacial score (nSPS) is 18.2. The molecule has 0 saturated carbocycles. The van der Waals surface area contributed by atoms with Crippen LogP contribution in [0.25, 0.3) is 5.57 Å². The SMILES string of the molecule is CCOC(=O)C1=C(C)N=c2sc(=C3C(=O)N(C)c4ccccc43)c(=O)n2C1c1ccccc1OC. The molecule has 9 heteroatoms. The first-order valence-electron chi connectivity index (χ1n) is 11.1. The summed E-state index contributed by atoms with van der Waals surface area (Å²) in [5, 5.41) is 0. The molecule has 1 atom stereocenters. The molecule has 8 nitrogen and oxygen atoms in total. The minimum Gasteiger partial charge on any atom is -0.496 e. The summed E-state index contributed by atoms with van der Waals surface area (Å²) in [6.07, 6.45) is 0. The van der Waals surface area contributed by atoms with Crippen LogP contribution < -0.4 is 24.5 Å². The Morgan fingerprint density at radius 2 is 1.83 bits per heavy atom. The Morgan fingerprint density at radius 1 is 1.11 bits per heavy atom. The molecule has 2 aliphatic heterocycles. The molecule has 0 fully saturated rings. The van der Waals surface area contributed by atoms with Crippen molar-refractivity contribution in [3.63, 3.8) is 0 Å². The first-order valence-corrected chi connectivity index (χ1v) is 11.9. The molecule has 1 amide bonds. The molecule has 3 heterocycles. The number of hydrogen-bond acceptors (Lipinski definition) is 7. The second-order valence-corrected chi connectivity index (χ2v) is 9.10. The van der Waals surface area contributed by atoms with Crippen molar-refractivity contribution < 1.29 is 19.1 Å². The van der Waals surface area contributed by atoms with Crippen LogP contribution >= 0.6 is 11.3 Å². The van der Waals surface area contributed by atoms with Crippen LogP contribution in [-0.4, -0.2) is 37.2 Å². The molecule has 178 valence electrons. The third-order valence-corrected chi connectivity index (χ3v) is 7.26. The van der Waals surface area contributed by atoms with E-state index < -0.39 is 17.6 Å². The lowest BCUT2D eigenvalue weighted by atomic mass is 9.95. The Balaban J connectivity index is 1.86. The van der Waals surface area contributed by atoms with Crippen molar-refractivity contribution in [2.45, 2.75) is 19.9 Å². The van der Waals surface area contributed by atoms with Crippen LogP contribution in [0.15, 0.2) is 69.6 Å². The molecule has 0 aliphatic carbocycles. The van der Waals surface area contributed by atoms with Crippen LogP contribution in [0.3, 0.4) is 0 Å². The number of para-hydroxylation sites is 2. The minimum atomic E-state index is -0.819. The standard InChI is InChI=1S/C26H23N3O5S/c1-5-34-25(32)19-14(2)27-26-29(21(19)16-11-7-9-13-18(16)33-4)24(31)22(35-26)20-15-10-6-8-12-17(15)28(3)23(20)30/h6-13,21H,5H2,1-4H3. The van der Waals surface area contributed by atoms with Gasteiger partial charge in [-0.15, -0.1) is 0 Å². The summed E-state index contributed by atoms with van der Waals surface area (Å²) in [5.41, 5.74) is 2.71. The van der Waals surface area contributed by atoms with Crippen LogP contribution in [0.5, 0.6) is 5.75 Å². The fraction of sp³-hybridized carbons (Fsp3) is 0.231. The highest BCUT2D eigenvalue weighted by molar-refractivity contribution is 7.07. The summed E-state index contributed by atoms with van der Waals surface area (Å²) < 4.78 is 12.7. The second kappa shape index (κ2) is 8.66. The van der Waals surface area contributed by atoms with E-state index in [0.717, 1.165) is 17.0 Å². The summed E-state index contributed by atoms with van der Waals surface area (Å²) in [7, 11) is 3.22. The number of anilines is 1. The Kier molecular flexibility index (Phi) is 5.64. The molecule has 35 heavy (non-hydrogen) atoms. The minimum absolute atomic E-state index is 0.181. The lowest BCUT2D eigenvalue weighted by Crippen LogP contribution is -2.41.